The molecule has 1 aliphatic rings. The van der Waals surface area contributed by atoms with Gasteiger partial charge in [-0.25, -0.2) is 13.4 Å². The topological polar surface area (TPSA) is 124 Å². The number of anilines is 2. The number of methoxy groups -OCH3 is 1. The van der Waals surface area contributed by atoms with Gasteiger partial charge in [0.2, 0.25) is 10.0 Å². The quantitative estimate of drug-likeness (QED) is 0.736. The Morgan fingerprint density at radius 3 is 2.57 bits per heavy atom. The Kier molecular flexibility index (Phi) is 7.19. The van der Waals surface area contributed by atoms with Crippen molar-refractivity contribution >= 4 is 39.8 Å². The van der Waals surface area contributed by atoms with Crippen LogP contribution in [0.25, 0.3) is 0 Å². The third-order valence-electron chi connectivity index (χ3n) is 4.07. The SMILES string of the molecule is COc1ccc(S(=O)(=O)N2CCOCC2)cc1C(=O)Nc1ccc(N)nc1.Cl. The van der Waals surface area contributed by atoms with Crippen LogP contribution in [-0.2, 0) is 14.8 Å². The number of hydrogen-bond donors (Lipinski definition) is 2. The third-order valence-corrected chi connectivity index (χ3v) is 5.96. The van der Waals surface area contributed by atoms with Gasteiger partial charge in [0.1, 0.15) is 11.6 Å². The number of nitrogens with one attached hydrogen (secondary N) is 1. The number of amides is 1. The van der Waals surface area contributed by atoms with Gasteiger partial charge in [0.15, 0.2) is 0 Å². The number of nitrogens with zero attached hydrogens (tertiary/aromatic N) is 2. The van der Waals surface area contributed by atoms with Gasteiger partial charge in [-0.1, -0.05) is 0 Å². The van der Waals surface area contributed by atoms with Crippen molar-refractivity contribution in [3.05, 3.63) is 42.1 Å². The molecule has 0 atom stereocenters. The van der Waals surface area contributed by atoms with Gasteiger partial charge < -0.3 is 20.5 Å². The largest absolute Gasteiger partial charge is 0.496 e. The minimum absolute atomic E-state index is 0. The van der Waals surface area contributed by atoms with E-state index in [-0.39, 0.29) is 41.7 Å². The van der Waals surface area contributed by atoms with E-state index in [0.29, 0.717) is 24.7 Å². The first kappa shape index (κ1) is 21.9. The van der Waals surface area contributed by atoms with Crippen LogP contribution in [0.4, 0.5) is 11.5 Å². The van der Waals surface area contributed by atoms with Crippen molar-refractivity contribution in [2.75, 3.05) is 44.5 Å². The molecule has 3 N–H and O–H groups in total. The molecule has 152 valence electrons. The van der Waals surface area contributed by atoms with Crippen molar-refractivity contribution in [1.29, 1.82) is 0 Å². The summed E-state index contributed by atoms with van der Waals surface area (Å²) >= 11 is 0. The lowest BCUT2D eigenvalue weighted by Crippen LogP contribution is -2.40. The number of carbonyl (C=O) groups is 1. The Morgan fingerprint density at radius 1 is 1.25 bits per heavy atom. The first-order valence-electron chi connectivity index (χ1n) is 8.20. The maximum atomic E-state index is 12.8. The molecular formula is C17H21ClN4O5S. The second-order valence-electron chi connectivity index (χ2n) is 5.80. The molecule has 0 spiro atoms. The summed E-state index contributed by atoms with van der Waals surface area (Å²) in [5, 5.41) is 2.65. The summed E-state index contributed by atoms with van der Waals surface area (Å²) in [6, 6.07) is 7.34. The Bertz CT molecular complexity index is 931. The minimum Gasteiger partial charge on any atom is -0.496 e. The highest BCUT2D eigenvalue weighted by atomic mass is 35.5. The van der Waals surface area contributed by atoms with E-state index in [4.69, 9.17) is 15.2 Å². The van der Waals surface area contributed by atoms with Crippen molar-refractivity contribution in [3.63, 3.8) is 0 Å². The van der Waals surface area contributed by atoms with Crippen molar-refractivity contribution < 1.29 is 22.7 Å². The molecule has 1 amide bonds. The van der Waals surface area contributed by atoms with Crippen LogP contribution in [0.15, 0.2) is 41.4 Å². The number of nitrogens with two attached hydrogens (primary N) is 1. The third kappa shape index (κ3) is 4.71. The lowest BCUT2D eigenvalue weighted by Gasteiger charge is -2.26. The van der Waals surface area contributed by atoms with E-state index in [0.717, 1.165) is 0 Å². The highest BCUT2D eigenvalue weighted by Gasteiger charge is 2.28. The number of hydrogen-bond acceptors (Lipinski definition) is 7. The first-order valence-corrected chi connectivity index (χ1v) is 9.64. The molecule has 1 saturated heterocycles. The highest BCUT2D eigenvalue weighted by molar-refractivity contribution is 7.89. The molecule has 2 heterocycles. The van der Waals surface area contributed by atoms with Gasteiger partial charge in [-0.2, -0.15) is 4.31 Å². The lowest BCUT2D eigenvalue weighted by molar-refractivity contribution is 0.0730. The van der Waals surface area contributed by atoms with Crippen LogP contribution in [0.5, 0.6) is 5.75 Å². The van der Waals surface area contributed by atoms with Crippen molar-refractivity contribution in [3.8, 4) is 5.75 Å². The summed E-state index contributed by atoms with van der Waals surface area (Å²) in [6.07, 6.45) is 1.41. The second-order valence-corrected chi connectivity index (χ2v) is 7.74. The van der Waals surface area contributed by atoms with Gasteiger partial charge in [0, 0.05) is 13.1 Å². The monoisotopic (exact) mass is 428 g/mol. The molecule has 1 fully saturated rings. The van der Waals surface area contributed by atoms with E-state index in [1.165, 1.54) is 35.8 Å². The number of halogens is 1. The zero-order valence-electron chi connectivity index (χ0n) is 15.1. The van der Waals surface area contributed by atoms with Gasteiger partial charge in [-0.3, -0.25) is 4.79 Å². The van der Waals surface area contributed by atoms with Gasteiger partial charge >= 0.3 is 0 Å². The molecule has 2 aromatic rings. The van der Waals surface area contributed by atoms with E-state index in [1.54, 1.807) is 12.1 Å². The van der Waals surface area contributed by atoms with Crippen LogP contribution in [0.3, 0.4) is 0 Å². The normalized spacial score (nSPS) is 14.8. The highest BCUT2D eigenvalue weighted by Crippen LogP contribution is 2.26. The van der Waals surface area contributed by atoms with Crippen LogP contribution in [0.1, 0.15) is 10.4 Å². The predicted octanol–water partition coefficient (Wildman–Crippen LogP) is 1.37. The number of pyridine rings is 1. The van der Waals surface area contributed by atoms with E-state index in [2.05, 4.69) is 10.3 Å². The molecular weight excluding hydrogens is 408 g/mol. The molecule has 1 aliphatic heterocycles. The molecule has 0 bridgehead atoms. The smallest absolute Gasteiger partial charge is 0.259 e. The van der Waals surface area contributed by atoms with Gasteiger partial charge in [-0.05, 0) is 30.3 Å². The van der Waals surface area contributed by atoms with E-state index < -0.39 is 15.9 Å². The summed E-state index contributed by atoms with van der Waals surface area (Å²) in [5.41, 5.74) is 6.06. The first-order chi connectivity index (χ1) is 12.9. The van der Waals surface area contributed by atoms with Crippen LogP contribution in [0, 0.1) is 0 Å². The predicted molar refractivity (Wildman–Crippen MR) is 106 cm³/mol. The molecule has 1 aromatic carbocycles. The Morgan fingerprint density at radius 2 is 1.96 bits per heavy atom. The number of ether oxygens (including phenoxy) is 2. The average molecular weight is 429 g/mol. The van der Waals surface area contributed by atoms with Crippen LogP contribution in [0.2, 0.25) is 0 Å². The molecule has 3 rings (SSSR count). The Labute approximate surface area is 169 Å². The number of sulfonamides is 1. The number of aromatic nitrogens is 1. The fourth-order valence-electron chi connectivity index (χ4n) is 2.64. The van der Waals surface area contributed by atoms with Gasteiger partial charge in [0.25, 0.3) is 5.91 Å². The van der Waals surface area contributed by atoms with Crippen LogP contribution >= 0.6 is 12.4 Å². The molecule has 1 aromatic heterocycles. The number of benzene rings is 1. The molecule has 28 heavy (non-hydrogen) atoms. The lowest BCUT2D eigenvalue weighted by atomic mass is 10.2. The number of carbonyl (C=O) groups excluding carboxylic acids is 1. The number of nitrogen functional groups attached to an aromatic ring is 1. The minimum atomic E-state index is -3.73. The molecule has 0 aliphatic carbocycles. The zero-order chi connectivity index (χ0) is 19.4. The Hall–Kier alpha value is -2.40. The fraction of sp³-hybridized carbons (Fsp3) is 0.294. The second kappa shape index (κ2) is 9.20. The fourth-order valence-corrected chi connectivity index (χ4v) is 4.07. The van der Waals surface area contributed by atoms with Crippen molar-refractivity contribution in [1.82, 2.24) is 9.29 Å². The van der Waals surface area contributed by atoms with Crippen molar-refractivity contribution in [2.24, 2.45) is 0 Å². The van der Waals surface area contributed by atoms with E-state index in [1.807, 2.05) is 0 Å². The molecule has 0 saturated carbocycles. The molecule has 9 nitrogen and oxygen atoms in total. The number of rotatable bonds is 5. The van der Waals surface area contributed by atoms with Crippen LogP contribution < -0.4 is 15.8 Å². The average Bonchev–Trinajstić information content (AvgIpc) is 2.69. The molecule has 0 unspecified atom stereocenters. The summed E-state index contributed by atoms with van der Waals surface area (Å²) in [7, 11) is -2.32. The zero-order valence-corrected chi connectivity index (χ0v) is 16.8. The molecule has 11 heteroatoms. The summed E-state index contributed by atoms with van der Waals surface area (Å²) in [6.45, 7) is 1.22. The maximum absolute atomic E-state index is 12.8. The number of morpholine rings is 1. The van der Waals surface area contributed by atoms with Crippen molar-refractivity contribution in [2.45, 2.75) is 4.90 Å². The van der Waals surface area contributed by atoms with Gasteiger partial charge in [-0.15, -0.1) is 12.4 Å². The molecule has 0 radical (unpaired) electrons. The Balaban J connectivity index is 0.00000280. The standard InChI is InChI=1S/C17H20N4O5S.ClH/c1-25-15-4-3-13(27(23,24)21-6-8-26-9-7-21)10-14(15)17(22)20-12-2-5-16(18)19-11-12;/h2-5,10-11H,6-9H2,1H3,(H2,18,19)(H,20,22);1H. The van der Waals surface area contributed by atoms with Crippen LogP contribution in [-0.4, -0.2) is 57.0 Å². The summed E-state index contributed by atoms with van der Waals surface area (Å²) < 4.78 is 37.4. The summed E-state index contributed by atoms with van der Waals surface area (Å²) in [4.78, 5) is 16.6. The van der Waals surface area contributed by atoms with Gasteiger partial charge in [0.05, 0.1) is 42.7 Å². The summed E-state index contributed by atoms with van der Waals surface area (Å²) in [5.74, 6) is 0.0680. The van der Waals surface area contributed by atoms with E-state index >= 15 is 0 Å². The van der Waals surface area contributed by atoms with E-state index in [9.17, 15) is 13.2 Å². The maximum Gasteiger partial charge on any atom is 0.259 e.